The van der Waals surface area contributed by atoms with Crippen LogP contribution in [0.25, 0.3) is 16.8 Å². The number of methoxy groups -OCH3 is 1. The molecule has 0 aromatic heterocycles. The summed E-state index contributed by atoms with van der Waals surface area (Å²) in [6, 6.07) is 21.0. The lowest BCUT2D eigenvalue weighted by atomic mass is 9.93. The minimum absolute atomic E-state index is 0.192. The molecule has 4 rings (SSSR count). The Morgan fingerprint density at radius 1 is 1.00 bits per heavy atom. The zero-order valence-corrected chi connectivity index (χ0v) is 21.7. The fourth-order valence-electron chi connectivity index (χ4n) is 5.07. The number of nitrogens with one attached hydrogen (secondary N) is 1. The molecule has 1 fully saturated rings. The first kappa shape index (κ1) is 25.8. The first-order chi connectivity index (χ1) is 17.5. The Hall–Kier alpha value is -3.31. The van der Waals surface area contributed by atoms with Crippen LogP contribution in [0.4, 0.5) is 5.69 Å². The molecule has 1 saturated carbocycles. The summed E-state index contributed by atoms with van der Waals surface area (Å²) in [5.41, 5.74) is 1.65. The van der Waals surface area contributed by atoms with Gasteiger partial charge in [0.2, 0.25) is 5.91 Å². The van der Waals surface area contributed by atoms with Gasteiger partial charge in [0, 0.05) is 36.5 Å². The third-order valence-corrected chi connectivity index (χ3v) is 6.95. The standard InChI is InChI=1S/C31H38N2O3/c1-23(2)33(28-11-5-4-6-12-28)19-20-36-30-22-27(16-17-29(30)35-3)32-31(34)18-14-24-13-15-25-9-7-8-10-26(25)21-24/h7-10,13-18,21-23,28H,4-6,11-12,19-20H2,1-3H3,(H,32,34)/b18-14+. The summed E-state index contributed by atoms with van der Waals surface area (Å²) in [7, 11) is 1.63. The van der Waals surface area contributed by atoms with Crippen molar-refractivity contribution in [3.05, 3.63) is 72.3 Å². The Morgan fingerprint density at radius 2 is 1.78 bits per heavy atom. The van der Waals surface area contributed by atoms with Gasteiger partial charge in [0.05, 0.1) is 7.11 Å². The van der Waals surface area contributed by atoms with E-state index in [1.54, 1.807) is 13.2 Å². The number of nitrogens with zero attached hydrogens (tertiary/aromatic N) is 1. The highest BCUT2D eigenvalue weighted by Gasteiger charge is 2.23. The lowest BCUT2D eigenvalue weighted by Crippen LogP contribution is -2.43. The van der Waals surface area contributed by atoms with Crippen LogP contribution in [-0.4, -0.2) is 43.2 Å². The Bertz CT molecular complexity index is 1180. The third-order valence-electron chi connectivity index (χ3n) is 6.95. The summed E-state index contributed by atoms with van der Waals surface area (Å²) in [6.07, 6.45) is 9.92. The Morgan fingerprint density at radius 3 is 2.53 bits per heavy atom. The van der Waals surface area contributed by atoms with Crippen LogP contribution in [0.5, 0.6) is 11.5 Å². The van der Waals surface area contributed by atoms with Crippen LogP contribution in [0.3, 0.4) is 0 Å². The van der Waals surface area contributed by atoms with Gasteiger partial charge >= 0.3 is 0 Å². The van der Waals surface area contributed by atoms with Crippen molar-refractivity contribution in [2.45, 2.75) is 58.0 Å². The summed E-state index contributed by atoms with van der Waals surface area (Å²) >= 11 is 0. The molecule has 5 heteroatoms. The predicted molar refractivity (Wildman–Crippen MR) is 149 cm³/mol. The molecule has 0 saturated heterocycles. The first-order valence-corrected chi connectivity index (χ1v) is 13.1. The SMILES string of the molecule is COc1ccc(NC(=O)/C=C/c2ccc3ccccc3c2)cc1OCCN(C(C)C)C1CCCCC1. The van der Waals surface area contributed by atoms with E-state index in [1.807, 2.05) is 42.5 Å². The molecule has 1 aliphatic rings. The van der Waals surface area contributed by atoms with Gasteiger partial charge in [-0.1, -0.05) is 55.7 Å². The van der Waals surface area contributed by atoms with E-state index in [2.05, 4.69) is 48.3 Å². The summed E-state index contributed by atoms with van der Waals surface area (Å²) in [6.45, 7) is 5.97. The third kappa shape index (κ3) is 6.88. The van der Waals surface area contributed by atoms with Gasteiger partial charge in [-0.15, -0.1) is 0 Å². The quantitative estimate of drug-likeness (QED) is 0.316. The molecule has 0 spiro atoms. The number of rotatable bonds is 10. The van der Waals surface area contributed by atoms with Crippen LogP contribution in [0.2, 0.25) is 0 Å². The molecule has 1 N–H and O–H groups in total. The van der Waals surface area contributed by atoms with E-state index in [1.165, 1.54) is 37.5 Å². The maximum absolute atomic E-state index is 12.6. The van der Waals surface area contributed by atoms with Crippen molar-refractivity contribution >= 4 is 28.4 Å². The van der Waals surface area contributed by atoms with E-state index in [9.17, 15) is 4.79 Å². The Kier molecular flexibility index (Phi) is 9.01. The largest absolute Gasteiger partial charge is 0.493 e. The maximum Gasteiger partial charge on any atom is 0.248 e. The molecule has 0 radical (unpaired) electrons. The van der Waals surface area contributed by atoms with Crippen LogP contribution in [0, 0.1) is 0 Å². The second-order valence-electron chi connectivity index (χ2n) is 9.77. The first-order valence-electron chi connectivity index (χ1n) is 13.1. The lowest BCUT2D eigenvalue weighted by Gasteiger charge is -2.37. The molecule has 1 aliphatic carbocycles. The molecule has 3 aromatic carbocycles. The number of carbonyl (C=O) groups excluding carboxylic acids is 1. The molecular weight excluding hydrogens is 448 g/mol. The molecule has 0 atom stereocenters. The van der Waals surface area contributed by atoms with Crippen molar-refractivity contribution in [3.63, 3.8) is 0 Å². The van der Waals surface area contributed by atoms with Crippen molar-refractivity contribution in [3.8, 4) is 11.5 Å². The van der Waals surface area contributed by atoms with Gasteiger partial charge in [-0.25, -0.2) is 0 Å². The van der Waals surface area contributed by atoms with Crippen molar-refractivity contribution in [2.24, 2.45) is 0 Å². The summed E-state index contributed by atoms with van der Waals surface area (Å²) in [5, 5.41) is 5.27. The van der Waals surface area contributed by atoms with Crippen molar-refractivity contribution in [2.75, 3.05) is 25.6 Å². The average Bonchev–Trinajstić information content (AvgIpc) is 2.90. The molecule has 0 bridgehead atoms. The van der Waals surface area contributed by atoms with Crippen LogP contribution in [0.1, 0.15) is 51.5 Å². The fraction of sp³-hybridized carbons (Fsp3) is 0.387. The minimum atomic E-state index is -0.192. The van der Waals surface area contributed by atoms with E-state index in [0.717, 1.165) is 17.5 Å². The zero-order valence-electron chi connectivity index (χ0n) is 21.7. The van der Waals surface area contributed by atoms with Gasteiger partial charge in [0.15, 0.2) is 11.5 Å². The molecule has 3 aromatic rings. The van der Waals surface area contributed by atoms with Gasteiger partial charge in [0.25, 0.3) is 0 Å². The van der Waals surface area contributed by atoms with Crippen molar-refractivity contribution in [1.29, 1.82) is 0 Å². The second kappa shape index (κ2) is 12.6. The van der Waals surface area contributed by atoms with Gasteiger partial charge in [0.1, 0.15) is 6.61 Å². The van der Waals surface area contributed by atoms with Crippen molar-refractivity contribution in [1.82, 2.24) is 4.90 Å². The second-order valence-corrected chi connectivity index (χ2v) is 9.77. The molecule has 1 amide bonds. The molecule has 190 valence electrons. The molecule has 0 aliphatic heterocycles. The molecule has 36 heavy (non-hydrogen) atoms. The number of amides is 1. The van der Waals surface area contributed by atoms with Crippen LogP contribution in [0.15, 0.2) is 66.7 Å². The van der Waals surface area contributed by atoms with E-state index in [4.69, 9.17) is 9.47 Å². The number of benzene rings is 3. The number of ether oxygens (including phenoxy) is 2. The lowest BCUT2D eigenvalue weighted by molar-refractivity contribution is -0.111. The predicted octanol–water partition coefficient (Wildman–Crippen LogP) is 6.92. The monoisotopic (exact) mass is 486 g/mol. The van der Waals surface area contributed by atoms with Gasteiger partial charge in [-0.05, 0) is 67.3 Å². The Labute approximate surface area is 215 Å². The Balaban J connectivity index is 1.36. The van der Waals surface area contributed by atoms with Gasteiger partial charge in [-0.3, -0.25) is 9.69 Å². The van der Waals surface area contributed by atoms with Crippen molar-refractivity contribution < 1.29 is 14.3 Å². The molecule has 0 heterocycles. The highest BCUT2D eigenvalue weighted by atomic mass is 16.5. The number of fused-ring (bicyclic) bond motifs is 1. The van der Waals surface area contributed by atoms with Crippen LogP contribution < -0.4 is 14.8 Å². The van der Waals surface area contributed by atoms with E-state index in [-0.39, 0.29) is 5.91 Å². The fourth-order valence-corrected chi connectivity index (χ4v) is 5.07. The normalized spacial score (nSPS) is 14.6. The highest BCUT2D eigenvalue weighted by molar-refractivity contribution is 6.02. The molecule has 0 unspecified atom stereocenters. The highest BCUT2D eigenvalue weighted by Crippen LogP contribution is 2.31. The number of hydrogen-bond acceptors (Lipinski definition) is 4. The van der Waals surface area contributed by atoms with E-state index >= 15 is 0 Å². The number of carbonyl (C=O) groups is 1. The number of anilines is 1. The summed E-state index contributed by atoms with van der Waals surface area (Å²) in [4.78, 5) is 15.2. The summed E-state index contributed by atoms with van der Waals surface area (Å²) in [5.74, 6) is 1.11. The topological polar surface area (TPSA) is 50.8 Å². The van der Waals surface area contributed by atoms with E-state index < -0.39 is 0 Å². The van der Waals surface area contributed by atoms with Gasteiger partial charge in [-0.2, -0.15) is 0 Å². The van der Waals surface area contributed by atoms with Gasteiger partial charge < -0.3 is 14.8 Å². The van der Waals surface area contributed by atoms with Crippen LogP contribution >= 0.6 is 0 Å². The van der Waals surface area contributed by atoms with Crippen LogP contribution in [-0.2, 0) is 4.79 Å². The summed E-state index contributed by atoms with van der Waals surface area (Å²) < 4.78 is 11.7. The minimum Gasteiger partial charge on any atom is -0.493 e. The average molecular weight is 487 g/mol. The maximum atomic E-state index is 12.6. The zero-order chi connectivity index (χ0) is 25.3. The molecule has 5 nitrogen and oxygen atoms in total. The van der Waals surface area contributed by atoms with E-state index in [0.29, 0.717) is 35.9 Å². The molecular formula is C31H38N2O3. The number of hydrogen-bond donors (Lipinski definition) is 1. The smallest absolute Gasteiger partial charge is 0.248 e.